The van der Waals surface area contributed by atoms with Crippen LogP contribution < -0.4 is 15.5 Å². The summed E-state index contributed by atoms with van der Waals surface area (Å²) in [5.74, 6) is 1.39. The Morgan fingerprint density at radius 3 is 2.95 bits per heavy atom. The Hall–Kier alpha value is -2.37. The average molecular weight is 257 g/mol. The molecule has 1 aliphatic heterocycles. The molecule has 98 valence electrons. The van der Waals surface area contributed by atoms with E-state index in [1.54, 1.807) is 0 Å². The van der Waals surface area contributed by atoms with Crippen molar-refractivity contribution in [2.24, 2.45) is 0 Å². The highest BCUT2D eigenvalue weighted by atomic mass is 16.2. The summed E-state index contributed by atoms with van der Waals surface area (Å²) in [7, 11) is 1.83. The molecule has 0 radical (unpaired) electrons. The molecule has 0 saturated carbocycles. The fourth-order valence-corrected chi connectivity index (χ4v) is 2.21. The van der Waals surface area contributed by atoms with Crippen LogP contribution in [0.3, 0.4) is 0 Å². The quantitative estimate of drug-likeness (QED) is 0.825. The zero-order chi connectivity index (χ0) is 13.2. The van der Waals surface area contributed by atoms with Gasteiger partial charge in [0, 0.05) is 25.5 Å². The molecule has 2 N–H and O–H groups in total. The molecule has 0 unspecified atom stereocenters. The normalized spacial score (nSPS) is 15.4. The largest absolute Gasteiger partial charge is 0.372 e. The summed E-state index contributed by atoms with van der Waals surface area (Å²) in [6.45, 7) is 1.67. The molecule has 1 aliphatic rings. The molecule has 1 amide bonds. The lowest BCUT2D eigenvalue weighted by Gasteiger charge is -2.27. The maximum absolute atomic E-state index is 11.4. The molecule has 0 atom stereocenters. The molecular weight excluding hydrogens is 242 g/mol. The fraction of sp³-hybridized carbons (Fsp3) is 0.308. The van der Waals surface area contributed by atoms with Gasteiger partial charge >= 0.3 is 0 Å². The number of hydrogen-bond donors (Lipinski definition) is 2. The van der Waals surface area contributed by atoms with Gasteiger partial charge in [-0.25, -0.2) is 4.98 Å². The number of piperazine rings is 1. The molecule has 6 nitrogen and oxygen atoms in total. The highest BCUT2D eigenvalue weighted by molar-refractivity contribution is 5.90. The average Bonchev–Trinajstić information content (AvgIpc) is 2.46. The van der Waals surface area contributed by atoms with E-state index in [2.05, 4.69) is 20.6 Å². The maximum Gasteiger partial charge on any atom is 0.239 e. The standard InChI is InChI=1S/C13H15N5O/c1-14-12-9-4-2-3-5-10(9)16-13(17-12)18-7-6-15-11(19)8-18/h2-5H,6-8H2,1H3,(H,15,19)(H,14,16,17). The number of amides is 1. The van der Waals surface area contributed by atoms with Gasteiger partial charge < -0.3 is 15.5 Å². The summed E-state index contributed by atoms with van der Waals surface area (Å²) in [5, 5.41) is 6.86. The van der Waals surface area contributed by atoms with Crippen molar-refractivity contribution in [1.82, 2.24) is 15.3 Å². The molecule has 19 heavy (non-hydrogen) atoms. The van der Waals surface area contributed by atoms with Crippen LogP contribution >= 0.6 is 0 Å². The van der Waals surface area contributed by atoms with E-state index in [4.69, 9.17) is 0 Å². The van der Waals surface area contributed by atoms with Crippen LogP contribution in [-0.4, -0.2) is 42.6 Å². The summed E-state index contributed by atoms with van der Waals surface area (Å²) in [6, 6.07) is 7.83. The van der Waals surface area contributed by atoms with E-state index >= 15 is 0 Å². The van der Waals surface area contributed by atoms with E-state index < -0.39 is 0 Å². The van der Waals surface area contributed by atoms with E-state index in [9.17, 15) is 4.79 Å². The number of nitrogens with one attached hydrogen (secondary N) is 2. The van der Waals surface area contributed by atoms with Crippen LogP contribution in [0.25, 0.3) is 10.9 Å². The zero-order valence-corrected chi connectivity index (χ0v) is 10.7. The number of carbonyl (C=O) groups is 1. The Labute approximate surface area is 110 Å². The summed E-state index contributed by atoms with van der Waals surface area (Å²) in [5.41, 5.74) is 0.878. The lowest BCUT2D eigenvalue weighted by Crippen LogP contribution is -2.48. The van der Waals surface area contributed by atoms with E-state index in [1.807, 2.05) is 36.2 Å². The number of carbonyl (C=O) groups excluding carboxylic acids is 1. The SMILES string of the molecule is CNc1nc(N2CCNC(=O)C2)nc2ccccc12. The van der Waals surface area contributed by atoms with Crippen molar-refractivity contribution in [3.05, 3.63) is 24.3 Å². The summed E-state index contributed by atoms with van der Waals surface area (Å²) < 4.78 is 0. The number of aromatic nitrogens is 2. The van der Waals surface area contributed by atoms with Crippen LogP contribution in [0.4, 0.5) is 11.8 Å². The number of benzene rings is 1. The second-order valence-corrected chi connectivity index (χ2v) is 4.41. The van der Waals surface area contributed by atoms with Crippen LogP contribution in [0, 0.1) is 0 Å². The Morgan fingerprint density at radius 1 is 1.32 bits per heavy atom. The van der Waals surface area contributed by atoms with Gasteiger partial charge in [0.15, 0.2) is 0 Å². The van der Waals surface area contributed by atoms with Gasteiger partial charge in [-0.2, -0.15) is 4.98 Å². The Bertz CT molecular complexity index is 627. The monoisotopic (exact) mass is 257 g/mol. The van der Waals surface area contributed by atoms with E-state index in [0.717, 1.165) is 23.3 Å². The molecular formula is C13H15N5O. The van der Waals surface area contributed by atoms with Crippen LogP contribution in [0.1, 0.15) is 0 Å². The molecule has 0 bridgehead atoms. The molecule has 1 aromatic carbocycles. The van der Waals surface area contributed by atoms with Crippen LogP contribution in [0.2, 0.25) is 0 Å². The van der Waals surface area contributed by atoms with Crippen molar-refractivity contribution in [3.63, 3.8) is 0 Å². The Kier molecular flexibility index (Phi) is 2.91. The maximum atomic E-state index is 11.4. The lowest BCUT2D eigenvalue weighted by atomic mass is 10.2. The first-order chi connectivity index (χ1) is 9.28. The number of hydrogen-bond acceptors (Lipinski definition) is 5. The first-order valence-electron chi connectivity index (χ1n) is 6.24. The van der Waals surface area contributed by atoms with Gasteiger partial charge in [-0.05, 0) is 12.1 Å². The second-order valence-electron chi connectivity index (χ2n) is 4.41. The number of para-hydroxylation sites is 1. The number of nitrogens with zero attached hydrogens (tertiary/aromatic N) is 3. The minimum Gasteiger partial charge on any atom is -0.372 e. The predicted molar refractivity (Wildman–Crippen MR) is 74.3 cm³/mol. The molecule has 0 spiro atoms. The zero-order valence-electron chi connectivity index (χ0n) is 10.7. The third-order valence-electron chi connectivity index (χ3n) is 3.15. The number of rotatable bonds is 2. The first kappa shape index (κ1) is 11.7. The molecule has 2 aromatic rings. The van der Waals surface area contributed by atoms with Gasteiger partial charge in [-0.1, -0.05) is 12.1 Å². The molecule has 1 fully saturated rings. The van der Waals surface area contributed by atoms with Crippen molar-refractivity contribution in [2.75, 3.05) is 36.9 Å². The smallest absolute Gasteiger partial charge is 0.239 e. The van der Waals surface area contributed by atoms with E-state index in [-0.39, 0.29) is 5.91 Å². The van der Waals surface area contributed by atoms with Crippen LogP contribution in [0.15, 0.2) is 24.3 Å². The molecule has 1 saturated heterocycles. The highest BCUT2D eigenvalue weighted by Gasteiger charge is 2.19. The van der Waals surface area contributed by atoms with E-state index in [0.29, 0.717) is 19.0 Å². The van der Waals surface area contributed by atoms with Crippen molar-refractivity contribution < 1.29 is 4.79 Å². The molecule has 2 heterocycles. The number of anilines is 2. The van der Waals surface area contributed by atoms with Gasteiger partial charge in [0.1, 0.15) is 5.82 Å². The van der Waals surface area contributed by atoms with E-state index in [1.165, 1.54) is 0 Å². The van der Waals surface area contributed by atoms with Crippen molar-refractivity contribution in [1.29, 1.82) is 0 Å². The molecule has 3 rings (SSSR count). The van der Waals surface area contributed by atoms with Gasteiger partial charge in [0.25, 0.3) is 0 Å². The molecule has 0 aliphatic carbocycles. The summed E-state index contributed by atoms with van der Waals surface area (Å²) >= 11 is 0. The Balaban J connectivity index is 2.06. The van der Waals surface area contributed by atoms with Crippen LogP contribution in [-0.2, 0) is 4.79 Å². The van der Waals surface area contributed by atoms with Gasteiger partial charge in [-0.15, -0.1) is 0 Å². The van der Waals surface area contributed by atoms with Crippen molar-refractivity contribution in [3.8, 4) is 0 Å². The summed E-state index contributed by atoms with van der Waals surface area (Å²) in [4.78, 5) is 22.4. The highest BCUT2D eigenvalue weighted by Crippen LogP contribution is 2.23. The van der Waals surface area contributed by atoms with Crippen LogP contribution in [0.5, 0.6) is 0 Å². The Morgan fingerprint density at radius 2 is 2.16 bits per heavy atom. The predicted octanol–water partition coefficient (Wildman–Crippen LogP) is 0.608. The fourth-order valence-electron chi connectivity index (χ4n) is 2.21. The van der Waals surface area contributed by atoms with Crippen molar-refractivity contribution >= 4 is 28.6 Å². The number of fused-ring (bicyclic) bond motifs is 1. The topological polar surface area (TPSA) is 70.2 Å². The van der Waals surface area contributed by atoms with Crippen molar-refractivity contribution in [2.45, 2.75) is 0 Å². The minimum absolute atomic E-state index is 0.00835. The molecule has 6 heteroatoms. The van der Waals surface area contributed by atoms with Gasteiger partial charge in [0.05, 0.1) is 12.1 Å². The van der Waals surface area contributed by atoms with Gasteiger partial charge in [0.2, 0.25) is 11.9 Å². The third kappa shape index (κ3) is 2.16. The minimum atomic E-state index is 0.00835. The van der Waals surface area contributed by atoms with Gasteiger partial charge in [-0.3, -0.25) is 4.79 Å². The third-order valence-corrected chi connectivity index (χ3v) is 3.15. The first-order valence-corrected chi connectivity index (χ1v) is 6.24. The second kappa shape index (κ2) is 4.72. The summed E-state index contributed by atoms with van der Waals surface area (Å²) in [6.07, 6.45) is 0. The lowest BCUT2D eigenvalue weighted by molar-refractivity contribution is -0.120. The molecule has 1 aromatic heterocycles.